The SMILES string of the molecule is CCCCc1cccc(O)c1C(=O)Nc1ccccc1NC(=O)c1c(O)cccc1CCCC. The van der Waals surface area contributed by atoms with Crippen LogP contribution in [0.1, 0.15) is 71.4 Å². The van der Waals surface area contributed by atoms with Crippen molar-refractivity contribution in [1.82, 2.24) is 0 Å². The van der Waals surface area contributed by atoms with Crippen LogP contribution in [-0.2, 0) is 12.8 Å². The molecule has 0 bridgehead atoms. The normalized spacial score (nSPS) is 10.6. The molecule has 6 nitrogen and oxygen atoms in total. The van der Waals surface area contributed by atoms with Crippen LogP contribution >= 0.6 is 0 Å². The van der Waals surface area contributed by atoms with E-state index >= 15 is 0 Å². The van der Waals surface area contributed by atoms with E-state index in [9.17, 15) is 19.8 Å². The standard InChI is InChI=1S/C28H32N2O4/c1-3-5-11-19-13-9-17-23(31)25(19)27(33)29-21-15-7-8-16-22(21)30-28(34)26-20(12-6-4-2)14-10-18-24(26)32/h7-10,13-18,31-32H,3-6,11-12H2,1-2H3,(H,29,33)(H,30,34). The van der Waals surface area contributed by atoms with Crippen molar-refractivity contribution in [2.45, 2.75) is 52.4 Å². The van der Waals surface area contributed by atoms with Crippen molar-refractivity contribution in [2.24, 2.45) is 0 Å². The number of phenolic OH excluding ortho intramolecular Hbond substituents is 2. The molecule has 178 valence electrons. The highest BCUT2D eigenvalue weighted by Gasteiger charge is 2.20. The van der Waals surface area contributed by atoms with E-state index < -0.39 is 11.8 Å². The molecule has 0 radical (unpaired) electrons. The monoisotopic (exact) mass is 460 g/mol. The molecule has 0 aliphatic heterocycles. The summed E-state index contributed by atoms with van der Waals surface area (Å²) in [4.78, 5) is 26.3. The molecule has 0 heterocycles. The van der Waals surface area contributed by atoms with Gasteiger partial charge in [0.1, 0.15) is 11.5 Å². The Labute approximate surface area is 200 Å². The summed E-state index contributed by atoms with van der Waals surface area (Å²) in [6.07, 6.45) is 5.10. The van der Waals surface area contributed by atoms with Gasteiger partial charge in [0, 0.05) is 0 Å². The van der Waals surface area contributed by atoms with Crippen LogP contribution < -0.4 is 10.6 Å². The second kappa shape index (κ2) is 11.9. The lowest BCUT2D eigenvalue weighted by molar-refractivity contribution is 0.101. The highest BCUT2D eigenvalue weighted by atomic mass is 16.3. The maximum absolute atomic E-state index is 13.1. The van der Waals surface area contributed by atoms with E-state index in [1.54, 1.807) is 36.4 Å². The van der Waals surface area contributed by atoms with Gasteiger partial charge < -0.3 is 20.8 Å². The summed E-state index contributed by atoms with van der Waals surface area (Å²) in [5.41, 5.74) is 2.82. The van der Waals surface area contributed by atoms with Gasteiger partial charge in [0.2, 0.25) is 0 Å². The maximum atomic E-state index is 13.1. The summed E-state index contributed by atoms with van der Waals surface area (Å²) in [7, 11) is 0. The van der Waals surface area contributed by atoms with Crippen molar-refractivity contribution in [3.05, 3.63) is 82.9 Å². The number of amides is 2. The lowest BCUT2D eigenvalue weighted by atomic mass is 10.00. The first-order chi connectivity index (χ1) is 16.5. The molecule has 4 N–H and O–H groups in total. The molecule has 6 heteroatoms. The zero-order valence-corrected chi connectivity index (χ0v) is 19.7. The topological polar surface area (TPSA) is 98.7 Å². The van der Waals surface area contributed by atoms with Crippen LogP contribution in [0.3, 0.4) is 0 Å². The number of rotatable bonds is 10. The number of nitrogens with one attached hydrogen (secondary N) is 2. The average molecular weight is 461 g/mol. The molecule has 0 aliphatic rings. The lowest BCUT2D eigenvalue weighted by Gasteiger charge is -2.16. The minimum absolute atomic E-state index is 0.0811. The van der Waals surface area contributed by atoms with E-state index in [1.165, 1.54) is 12.1 Å². The molecule has 0 saturated carbocycles. The molecule has 34 heavy (non-hydrogen) atoms. The van der Waals surface area contributed by atoms with Gasteiger partial charge in [0.15, 0.2) is 0 Å². The van der Waals surface area contributed by atoms with Crippen molar-refractivity contribution in [3.63, 3.8) is 0 Å². The molecular weight excluding hydrogens is 428 g/mol. The predicted octanol–water partition coefficient (Wildman–Crippen LogP) is 6.29. The highest BCUT2D eigenvalue weighted by molar-refractivity contribution is 6.12. The molecule has 0 unspecified atom stereocenters. The van der Waals surface area contributed by atoms with Gasteiger partial charge in [-0.25, -0.2) is 0 Å². The van der Waals surface area contributed by atoms with Gasteiger partial charge in [-0.05, 0) is 61.1 Å². The van der Waals surface area contributed by atoms with Crippen LogP contribution in [0.2, 0.25) is 0 Å². The number of hydrogen-bond acceptors (Lipinski definition) is 4. The third-order valence-corrected chi connectivity index (χ3v) is 5.73. The van der Waals surface area contributed by atoms with Gasteiger partial charge in [-0.1, -0.05) is 63.1 Å². The zero-order chi connectivity index (χ0) is 24.5. The Bertz CT molecular complexity index is 1070. The molecule has 3 aromatic rings. The number of carbonyl (C=O) groups is 2. The van der Waals surface area contributed by atoms with E-state index in [1.807, 2.05) is 12.1 Å². The van der Waals surface area contributed by atoms with E-state index in [0.717, 1.165) is 36.8 Å². The Balaban J connectivity index is 1.86. The molecular formula is C28H32N2O4. The fourth-order valence-electron chi connectivity index (χ4n) is 3.92. The first-order valence-corrected chi connectivity index (χ1v) is 11.8. The Morgan fingerprint density at radius 2 is 1.06 bits per heavy atom. The number of aromatic hydroxyl groups is 2. The van der Waals surface area contributed by atoms with Crippen LogP contribution in [-0.4, -0.2) is 22.0 Å². The number of para-hydroxylation sites is 2. The number of phenols is 2. The van der Waals surface area contributed by atoms with E-state index in [2.05, 4.69) is 24.5 Å². The van der Waals surface area contributed by atoms with Crippen LogP contribution in [0, 0.1) is 0 Å². The molecule has 0 aromatic heterocycles. The van der Waals surface area contributed by atoms with Gasteiger partial charge in [-0.2, -0.15) is 0 Å². The molecule has 0 spiro atoms. The van der Waals surface area contributed by atoms with E-state index in [0.29, 0.717) is 24.2 Å². The highest BCUT2D eigenvalue weighted by Crippen LogP contribution is 2.29. The zero-order valence-electron chi connectivity index (χ0n) is 19.7. The van der Waals surface area contributed by atoms with E-state index in [-0.39, 0.29) is 22.6 Å². The molecule has 0 fully saturated rings. The largest absolute Gasteiger partial charge is 0.507 e. The van der Waals surface area contributed by atoms with Crippen molar-refractivity contribution in [2.75, 3.05) is 10.6 Å². The second-order valence-corrected chi connectivity index (χ2v) is 8.28. The number of aryl methyl sites for hydroxylation is 2. The minimum Gasteiger partial charge on any atom is -0.507 e. The molecule has 0 atom stereocenters. The smallest absolute Gasteiger partial charge is 0.259 e. The Morgan fingerprint density at radius 1 is 0.647 bits per heavy atom. The van der Waals surface area contributed by atoms with Gasteiger partial charge in [0.05, 0.1) is 22.5 Å². The fourth-order valence-corrected chi connectivity index (χ4v) is 3.92. The Morgan fingerprint density at radius 3 is 1.44 bits per heavy atom. The average Bonchev–Trinajstić information content (AvgIpc) is 2.82. The van der Waals surface area contributed by atoms with Crippen LogP contribution in [0.4, 0.5) is 11.4 Å². The third-order valence-electron chi connectivity index (χ3n) is 5.73. The summed E-state index contributed by atoms with van der Waals surface area (Å²) in [5.74, 6) is -1.06. The Kier molecular flexibility index (Phi) is 8.68. The van der Waals surface area contributed by atoms with Crippen molar-refractivity contribution in [3.8, 4) is 11.5 Å². The summed E-state index contributed by atoms with van der Waals surface area (Å²) in [5, 5.41) is 26.4. The van der Waals surface area contributed by atoms with Crippen LogP contribution in [0.5, 0.6) is 11.5 Å². The van der Waals surface area contributed by atoms with Gasteiger partial charge >= 0.3 is 0 Å². The summed E-state index contributed by atoms with van der Waals surface area (Å²) < 4.78 is 0. The first kappa shape index (κ1) is 24.8. The first-order valence-electron chi connectivity index (χ1n) is 11.8. The van der Waals surface area contributed by atoms with Crippen LogP contribution in [0.15, 0.2) is 60.7 Å². The number of carbonyl (C=O) groups excluding carboxylic acids is 2. The van der Waals surface area contributed by atoms with Gasteiger partial charge in [0.25, 0.3) is 11.8 Å². The number of hydrogen-bond donors (Lipinski definition) is 4. The molecule has 3 rings (SSSR count). The quantitative estimate of drug-likeness (QED) is 0.286. The summed E-state index contributed by atoms with van der Waals surface area (Å²) in [6.45, 7) is 4.14. The lowest BCUT2D eigenvalue weighted by Crippen LogP contribution is -2.19. The minimum atomic E-state index is -0.447. The van der Waals surface area contributed by atoms with Crippen molar-refractivity contribution >= 4 is 23.2 Å². The molecule has 2 amide bonds. The predicted molar refractivity (Wildman–Crippen MR) is 136 cm³/mol. The number of anilines is 2. The van der Waals surface area contributed by atoms with E-state index in [4.69, 9.17) is 0 Å². The number of benzene rings is 3. The number of unbranched alkanes of at least 4 members (excludes halogenated alkanes) is 2. The van der Waals surface area contributed by atoms with Gasteiger partial charge in [-0.15, -0.1) is 0 Å². The third kappa shape index (κ3) is 5.95. The van der Waals surface area contributed by atoms with Crippen molar-refractivity contribution < 1.29 is 19.8 Å². The molecule has 0 saturated heterocycles. The maximum Gasteiger partial charge on any atom is 0.259 e. The second-order valence-electron chi connectivity index (χ2n) is 8.28. The van der Waals surface area contributed by atoms with Crippen LogP contribution in [0.25, 0.3) is 0 Å². The fraction of sp³-hybridized carbons (Fsp3) is 0.286. The van der Waals surface area contributed by atoms with Gasteiger partial charge in [-0.3, -0.25) is 9.59 Å². The molecule has 3 aromatic carbocycles. The molecule has 0 aliphatic carbocycles. The summed E-state index contributed by atoms with van der Waals surface area (Å²) >= 11 is 0. The Hall–Kier alpha value is -3.80. The summed E-state index contributed by atoms with van der Waals surface area (Å²) in [6, 6.07) is 17.0. The van der Waals surface area contributed by atoms with Crippen molar-refractivity contribution in [1.29, 1.82) is 0 Å².